The smallest absolute Gasteiger partial charge is 0.291 e. The van der Waals surface area contributed by atoms with Gasteiger partial charge >= 0.3 is 0 Å². The van der Waals surface area contributed by atoms with E-state index in [1.54, 1.807) is 48.8 Å². The number of furan rings is 1. The van der Waals surface area contributed by atoms with E-state index in [0.717, 1.165) is 10.2 Å². The zero-order valence-corrected chi connectivity index (χ0v) is 14.8. The molecular weight excluding hydrogens is 351 g/mol. The van der Waals surface area contributed by atoms with Crippen LogP contribution >= 0.6 is 0 Å². The molecule has 1 atom stereocenters. The number of nitrogens with zero attached hydrogens (tertiary/aromatic N) is 3. The largest absolute Gasteiger partial charge is 0.463 e. The molecule has 0 aliphatic rings. The normalized spacial score (nSPS) is 12.6. The number of nitrogens with one attached hydrogen (secondary N) is 1. The molecule has 8 heteroatoms. The number of hydrogen-bond acceptors (Lipinski definition) is 4. The van der Waals surface area contributed by atoms with Gasteiger partial charge in [-0.3, -0.25) is 14.0 Å². The van der Waals surface area contributed by atoms with Gasteiger partial charge in [0, 0.05) is 18.7 Å². The number of amides is 1. The Morgan fingerprint density at radius 1 is 1.30 bits per heavy atom. The van der Waals surface area contributed by atoms with Crippen LogP contribution in [0.25, 0.3) is 16.6 Å². The summed E-state index contributed by atoms with van der Waals surface area (Å²) >= 11 is 0. The Morgan fingerprint density at radius 2 is 2.11 bits per heavy atom. The van der Waals surface area contributed by atoms with E-state index < -0.39 is 6.04 Å². The molecule has 3 heterocycles. The number of carbonyl (C=O) groups is 1. The topological polar surface area (TPSA) is 81.5 Å². The highest BCUT2D eigenvalue weighted by Gasteiger charge is 2.21. The van der Waals surface area contributed by atoms with Crippen LogP contribution < -0.4 is 10.9 Å². The van der Waals surface area contributed by atoms with Crippen LogP contribution in [-0.4, -0.2) is 20.1 Å². The van der Waals surface area contributed by atoms with E-state index in [0.29, 0.717) is 22.5 Å². The lowest BCUT2D eigenvalue weighted by molar-refractivity contribution is -0.124. The summed E-state index contributed by atoms with van der Waals surface area (Å²) in [6, 6.07) is 8.55. The lowest BCUT2D eigenvalue weighted by Crippen LogP contribution is -2.38. The maximum atomic E-state index is 13.2. The second-order valence-electron chi connectivity index (χ2n) is 6.36. The number of aryl methyl sites for hydroxylation is 1. The first-order valence-electron chi connectivity index (χ1n) is 8.46. The van der Waals surface area contributed by atoms with Crippen LogP contribution in [0.3, 0.4) is 0 Å². The minimum atomic E-state index is -0.823. The second kappa shape index (κ2) is 6.39. The molecule has 0 saturated heterocycles. The van der Waals surface area contributed by atoms with Crippen LogP contribution in [-0.2, 0) is 11.3 Å². The molecule has 3 aromatic heterocycles. The van der Waals surface area contributed by atoms with Gasteiger partial charge in [0.2, 0.25) is 5.91 Å². The maximum absolute atomic E-state index is 13.2. The molecule has 1 amide bonds. The zero-order chi connectivity index (χ0) is 19.1. The maximum Gasteiger partial charge on any atom is 0.291 e. The van der Waals surface area contributed by atoms with Crippen molar-refractivity contribution in [2.75, 3.05) is 0 Å². The lowest BCUT2D eigenvalue weighted by atomic mass is 10.2. The average Bonchev–Trinajstić information content (AvgIpc) is 3.23. The van der Waals surface area contributed by atoms with Gasteiger partial charge in [0.15, 0.2) is 5.58 Å². The van der Waals surface area contributed by atoms with Gasteiger partial charge in [0.1, 0.15) is 23.2 Å². The molecule has 0 aliphatic heterocycles. The summed E-state index contributed by atoms with van der Waals surface area (Å²) in [6.45, 7) is 3.51. The molecule has 4 aromatic rings. The SMILES string of the molecule is Cc1nn(C(C)C(=O)NCc2cccc(F)c2)c(=O)c2cc3occc3n12. The van der Waals surface area contributed by atoms with E-state index in [1.807, 2.05) is 0 Å². The molecule has 1 unspecified atom stereocenters. The first-order chi connectivity index (χ1) is 13.0. The summed E-state index contributed by atoms with van der Waals surface area (Å²) in [5.74, 6) is -0.190. The van der Waals surface area contributed by atoms with Crippen molar-refractivity contribution in [2.45, 2.75) is 26.4 Å². The van der Waals surface area contributed by atoms with E-state index in [2.05, 4.69) is 10.4 Å². The van der Waals surface area contributed by atoms with Crippen molar-refractivity contribution in [1.82, 2.24) is 19.5 Å². The van der Waals surface area contributed by atoms with E-state index in [-0.39, 0.29) is 23.8 Å². The van der Waals surface area contributed by atoms with E-state index in [1.165, 1.54) is 12.1 Å². The zero-order valence-electron chi connectivity index (χ0n) is 14.8. The van der Waals surface area contributed by atoms with Gasteiger partial charge in [-0.25, -0.2) is 9.07 Å². The van der Waals surface area contributed by atoms with Crippen LogP contribution in [0.15, 0.2) is 51.9 Å². The second-order valence-corrected chi connectivity index (χ2v) is 6.36. The third-order valence-electron chi connectivity index (χ3n) is 4.53. The Bertz CT molecular complexity index is 1220. The van der Waals surface area contributed by atoms with Crippen molar-refractivity contribution in [1.29, 1.82) is 0 Å². The highest BCUT2D eigenvalue weighted by atomic mass is 19.1. The van der Waals surface area contributed by atoms with Gasteiger partial charge in [-0.2, -0.15) is 5.10 Å². The molecule has 1 N–H and O–H groups in total. The van der Waals surface area contributed by atoms with Crippen LogP contribution in [0.1, 0.15) is 24.4 Å². The van der Waals surface area contributed by atoms with Crippen LogP contribution in [0.2, 0.25) is 0 Å². The monoisotopic (exact) mass is 368 g/mol. The van der Waals surface area contributed by atoms with Crippen molar-refractivity contribution in [3.63, 3.8) is 0 Å². The quantitative estimate of drug-likeness (QED) is 0.600. The molecule has 0 radical (unpaired) electrons. The Labute approximate surface area is 153 Å². The Hall–Kier alpha value is -3.42. The molecule has 138 valence electrons. The summed E-state index contributed by atoms with van der Waals surface area (Å²) in [6.07, 6.45) is 1.55. The summed E-state index contributed by atoms with van der Waals surface area (Å²) in [5, 5.41) is 7.01. The third kappa shape index (κ3) is 2.88. The van der Waals surface area contributed by atoms with Crippen molar-refractivity contribution < 1.29 is 13.6 Å². The highest BCUT2D eigenvalue weighted by Crippen LogP contribution is 2.20. The minimum absolute atomic E-state index is 0.162. The van der Waals surface area contributed by atoms with Crippen LogP contribution in [0, 0.1) is 12.7 Å². The van der Waals surface area contributed by atoms with Crippen LogP contribution in [0.5, 0.6) is 0 Å². The first-order valence-corrected chi connectivity index (χ1v) is 8.46. The molecular formula is C19H17FN4O3. The number of rotatable bonds is 4. The van der Waals surface area contributed by atoms with E-state index in [4.69, 9.17) is 4.42 Å². The molecule has 0 aliphatic carbocycles. The number of fused-ring (bicyclic) bond motifs is 3. The summed E-state index contributed by atoms with van der Waals surface area (Å²) in [7, 11) is 0. The summed E-state index contributed by atoms with van der Waals surface area (Å²) < 4.78 is 21.5. The number of aromatic nitrogens is 3. The molecule has 0 bridgehead atoms. The average molecular weight is 368 g/mol. The van der Waals surface area contributed by atoms with Gasteiger partial charge in [-0.1, -0.05) is 12.1 Å². The highest BCUT2D eigenvalue weighted by molar-refractivity contribution is 5.83. The standard InChI is InChI=1S/C19H17FN4O3/c1-11(18(25)21-10-13-4-3-5-14(20)8-13)24-19(26)16-9-17-15(6-7-27-17)23(16)12(2)22-24/h3-9,11H,10H2,1-2H3,(H,21,25). The minimum Gasteiger partial charge on any atom is -0.463 e. The fourth-order valence-corrected chi connectivity index (χ4v) is 3.15. The number of carbonyl (C=O) groups excluding carboxylic acids is 1. The fraction of sp³-hybridized carbons (Fsp3) is 0.211. The third-order valence-corrected chi connectivity index (χ3v) is 4.53. The summed E-state index contributed by atoms with van der Waals surface area (Å²) in [5.41, 5.74) is 1.97. The Balaban J connectivity index is 1.63. The van der Waals surface area contributed by atoms with Crippen LogP contribution in [0.4, 0.5) is 4.39 Å². The van der Waals surface area contributed by atoms with E-state index in [9.17, 15) is 14.0 Å². The van der Waals surface area contributed by atoms with Crippen molar-refractivity contribution in [2.24, 2.45) is 0 Å². The fourth-order valence-electron chi connectivity index (χ4n) is 3.15. The van der Waals surface area contributed by atoms with Gasteiger partial charge in [-0.15, -0.1) is 0 Å². The van der Waals surface area contributed by atoms with E-state index >= 15 is 0 Å². The number of benzene rings is 1. The Morgan fingerprint density at radius 3 is 2.89 bits per heavy atom. The predicted octanol–water partition coefficient (Wildman–Crippen LogP) is 2.57. The summed E-state index contributed by atoms with van der Waals surface area (Å²) in [4.78, 5) is 25.3. The van der Waals surface area contributed by atoms with Gasteiger partial charge in [0.05, 0.1) is 11.8 Å². The molecule has 0 saturated carbocycles. The van der Waals surface area contributed by atoms with Gasteiger partial charge in [-0.05, 0) is 31.5 Å². The molecule has 0 fully saturated rings. The Kier molecular flexibility index (Phi) is 4.02. The number of halogens is 1. The molecule has 0 spiro atoms. The lowest BCUT2D eigenvalue weighted by Gasteiger charge is -2.15. The van der Waals surface area contributed by atoms with Crippen molar-refractivity contribution in [3.05, 3.63) is 70.2 Å². The van der Waals surface area contributed by atoms with Gasteiger partial charge in [0.25, 0.3) is 5.56 Å². The van der Waals surface area contributed by atoms with Gasteiger partial charge < -0.3 is 9.73 Å². The first kappa shape index (κ1) is 17.0. The number of hydrogen-bond donors (Lipinski definition) is 1. The predicted molar refractivity (Wildman–Crippen MR) is 96.9 cm³/mol. The molecule has 1 aromatic carbocycles. The molecule has 27 heavy (non-hydrogen) atoms. The van der Waals surface area contributed by atoms with Crippen molar-refractivity contribution >= 4 is 22.5 Å². The van der Waals surface area contributed by atoms with Crippen molar-refractivity contribution in [3.8, 4) is 0 Å². The molecule has 7 nitrogen and oxygen atoms in total. The molecule has 4 rings (SSSR count).